The molecule has 3 aliphatic rings. The van der Waals surface area contributed by atoms with Gasteiger partial charge >= 0.3 is 23.6 Å². The number of aliphatic hydroxyl groups excluding tert-OH is 3. The zero-order valence-corrected chi connectivity index (χ0v) is 17.1. The number of urea groups is 1. The highest BCUT2D eigenvalue weighted by molar-refractivity contribution is 6.39. The van der Waals surface area contributed by atoms with Crippen LogP contribution in [0.5, 0.6) is 0 Å². The van der Waals surface area contributed by atoms with Crippen LogP contribution in [0.2, 0.25) is 0 Å². The monoisotopic (exact) mass is 456 g/mol. The highest BCUT2D eigenvalue weighted by Crippen LogP contribution is 2.42. The largest absolute Gasteiger partial charge is 0.394 e. The molecule has 5 atom stereocenters. The fraction of sp³-hybridized carbons (Fsp3) is 0.318. The van der Waals surface area contributed by atoms with Crippen molar-refractivity contribution in [2.24, 2.45) is 0 Å². The number of anilines is 2. The lowest BCUT2D eigenvalue weighted by Gasteiger charge is -2.40. The van der Waals surface area contributed by atoms with Crippen molar-refractivity contribution in [2.75, 3.05) is 16.4 Å². The molecule has 33 heavy (non-hydrogen) atoms. The van der Waals surface area contributed by atoms with Crippen LogP contribution in [0.4, 0.5) is 16.2 Å². The third-order valence-electron chi connectivity index (χ3n) is 5.79. The van der Waals surface area contributed by atoms with E-state index in [9.17, 15) is 29.7 Å². The number of nitrogens with zero attached hydrogens (tertiary/aromatic N) is 2. The summed E-state index contributed by atoms with van der Waals surface area (Å²) in [4.78, 5) is 42.0. The SMILES string of the molecule is O=C1N(c2ccccc2)C(=O)C2(O[C@H]3O[C@H](CO)[C@H](O)[C@H](O)[C@H]3O2)C(=O)N1c1ccccc1. The second-order valence-corrected chi connectivity index (χ2v) is 7.76. The van der Waals surface area contributed by atoms with Crippen LogP contribution in [0.1, 0.15) is 0 Å². The predicted octanol–water partition coefficient (Wildman–Crippen LogP) is -0.263. The molecule has 11 nitrogen and oxygen atoms in total. The summed E-state index contributed by atoms with van der Waals surface area (Å²) >= 11 is 0. The van der Waals surface area contributed by atoms with Crippen molar-refractivity contribution in [3.05, 3.63) is 60.7 Å². The lowest BCUT2D eigenvalue weighted by molar-refractivity contribution is -0.256. The second kappa shape index (κ2) is 7.99. The Morgan fingerprint density at radius 3 is 1.79 bits per heavy atom. The molecule has 11 heteroatoms. The number of benzene rings is 2. The predicted molar refractivity (Wildman–Crippen MR) is 110 cm³/mol. The standard InChI is InChI=1S/C22H20N2O9/c25-11-14-15(26)16(27)17-18(31-14)33-22(32-17)19(28)23(12-7-3-1-4-8-12)21(30)24(20(22)29)13-9-5-2-6-10-13/h1-10,14-18,25-27H,11H2/t14-,15+,16+,17-,18-/m1/s1. The van der Waals surface area contributed by atoms with Gasteiger partial charge in [-0.1, -0.05) is 36.4 Å². The molecular formula is C22H20N2O9. The van der Waals surface area contributed by atoms with Gasteiger partial charge in [0.15, 0.2) is 6.29 Å². The minimum Gasteiger partial charge on any atom is -0.394 e. The van der Waals surface area contributed by atoms with Crippen LogP contribution in [0.25, 0.3) is 0 Å². The molecule has 0 bridgehead atoms. The molecule has 3 heterocycles. The van der Waals surface area contributed by atoms with Crippen LogP contribution in [0.15, 0.2) is 60.7 Å². The van der Waals surface area contributed by atoms with Gasteiger partial charge in [0.25, 0.3) is 0 Å². The summed E-state index contributed by atoms with van der Waals surface area (Å²) in [6.07, 6.45) is -7.31. The smallest absolute Gasteiger partial charge is 0.343 e. The Hall–Kier alpha value is -3.19. The molecular weight excluding hydrogens is 436 g/mol. The van der Waals surface area contributed by atoms with E-state index in [1.54, 1.807) is 36.4 Å². The lowest BCUT2D eigenvalue weighted by atomic mass is 9.99. The molecule has 2 aromatic rings. The fourth-order valence-corrected chi connectivity index (χ4v) is 4.13. The Morgan fingerprint density at radius 1 is 0.788 bits per heavy atom. The summed E-state index contributed by atoms with van der Waals surface area (Å²) in [7, 11) is 0. The number of amides is 4. The van der Waals surface area contributed by atoms with Crippen LogP contribution in [0.3, 0.4) is 0 Å². The van der Waals surface area contributed by atoms with Crippen LogP contribution < -0.4 is 9.80 Å². The Labute approximate surface area is 187 Å². The van der Waals surface area contributed by atoms with Gasteiger partial charge in [-0.15, -0.1) is 0 Å². The van der Waals surface area contributed by atoms with E-state index in [-0.39, 0.29) is 11.4 Å². The summed E-state index contributed by atoms with van der Waals surface area (Å²) in [5.41, 5.74) is 0.328. The first-order valence-corrected chi connectivity index (χ1v) is 10.2. The van der Waals surface area contributed by atoms with E-state index in [1.165, 1.54) is 24.3 Å². The number of barbiturate groups is 1. The zero-order chi connectivity index (χ0) is 23.3. The molecule has 3 saturated heterocycles. The van der Waals surface area contributed by atoms with Gasteiger partial charge in [-0.05, 0) is 24.3 Å². The lowest BCUT2D eigenvalue weighted by Crippen LogP contribution is -2.70. The Bertz CT molecular complexity index is 1020. The number of hydrogen-bond donors (Lipinski definition) is 3. The van der Waals surface area contributed by atoms with Crippen molar-refractivity contribution in [2.45, 2.75) is 36.5 Å². The van der Waals surface area contributed by atoms with Gasteiger partial charge < -0.3 is 29.5 Å². The minimum atomic E-state index is -2.67. The van der Waals surface area contributed by atoms with E-state index in [0.717, 1.165) is 9.80 Å². The highest BCUT2D eigenvalue weighted by atomic mass is 16.8. The van der Waals surface area contributed by atoms with Crippen LogP contribution in [-0.2, 0) is 23.8 Å². The molecule has 5 rings (SSSR count). The second-order valence-electron chi connectivity index (χ2n) is 7.76. The van der Waals surface area contributed by atoms with E-state index < -0.39 is 60.9 Å². The van der Waals surface area contributed by atoms with Crippen LogP contribution >= 0.6 is 0 Å². The number of para-hydroxylation sites is 2. The van der Waals surface area contributed by atoms with Gasteiger partial charge in [0.05, 0.1) is 18.0 Å². The number of rotatable bonds is 3. The van der Waals surface area contributed by atoms with E-state index in [2.05, 4.69) is 0 Å². The van der Waals surface area contributed by atoms with Gasteiger partial charge in [0.2, 0.25) is 0 Å². The van der Waals surface area contributed by atoms with Gasteiger partial charge in [0.1, 0.15) is 24.4 Å². The Kier molecular flexibility index (Phi) is 5.24. The van der Waals surface area contributed by atoms with Gasteiger partial charge in [-0.3, -0.25) is 9.59 Å². The van der Waals surface area contributed by atoms with E-state index in [1.807, 2.05) is 0 Å². The molecule has 0 saturated carbocycles. The summed E-state index contributed by atoms with van der Waals surface area (Å²) < 4.78 is 16.8. The van der Waals surface area contributed by atoms with Crippen molar-refractivity contribution in [1.29, 1.82) is 0 Å². The van der Waals surface area contributed by atoms with E-state index in [0.29, 0.717) is 0 Å². The molecule has 0 aliphatic carbocycles. The van der Waals surface area contributed by atoms with Gasteiger partial charge in [-0.2, -0.15) is 0 Å². The molecule has 0 radical (unpaired) electrons. The average molecular weight is 456 g/mol. The molecule has 3 aliphatic heterocycles. The zero-order valence-electron chi connectivity index (χ0n) is 17.1. The third kappa shape index (κ3) is 3.17. The van der Waals surface area contributed by atoms with Crippen LogP contribution in [-0.4, -0.2) is 76.3 Å². The molecule has 3 N–H and O–H groups in total. The number of hydrogen-bond acceptors (Lipinski definition) is 9. The van der Waals surface area contributed by atoms with Crippen molar-refractivity contribution < 1.29 is 43.9 Å². The average Bonchev–Trinajstić information content (AvgIpc) is 3.23. The quantitative estimate of drug-likeness (QED) is 0.532. The Morgan fingerprint density at radius 2 is 1.30 bits per heavy atom. The topological polar surface area (TPSA) is 146 Å². The maximum atomic E-state index is 13.6. The first-order valence-electron chi connectivity index (χ1n) is 10.2. The normalized spacial score (nSPS) is 31.2. The molecule has 2 aromatic carbocycles. The molecule has 4 amide bonds. The number of ether oxygens (including phenoxy) is 3. The van der Waals surface area contributed by atoms with E-state index >= 15 is 0 Å². The number of aliphatic hydroxyl groups is 3. The summed E-state index contributed by atoms with van der Waals surface area (Å²) in [6, 6.07) is 14.9. The maximum Gasteiger partial charge on any atom is 0.343 e. The third-order valence-corrected chi connectivity index (χ3v) is 5.79. The molecule has 0 unspecified atom stereocenters. The van der Waals surface area contributed by atoms with Gasteiger partial charge in [-0.25, -0.2) is 14.6 Å². The molecule has 172 valence electrons. The number of carbonyl (C=O) groups is 3. The van der Waals surface area contributed by atoms with Crippen LogP contribution in [0, 0.1) is 0 Å². The summed E-state index contributed by atoms with van der Waals surface area (Å²) in [6.45, 7) is -0.648. The van der Waals surface area contributed by atoms with Crippen molar-refractivity contribution in [3.8, 4) is 0 Å². The molecule has 1 spiro atoms. The van der Waals surface area contributed by atoms with Crippen molar-refractivity contribution in [3.63, 3.8) is 0 Å². The highest BCUT2D eigenvalue weighted by Gasteiger charge is 2.69. The van der Waals surface area contributed by atoms with Gasteiger partial charge in [0, 0.05) is 0 Å². The number of fused-ring (bicyclic) bond motifs is 1. The molecule has 0 aromatic heterocycles. The minimum absolute atomic E-state index is 0.164. The van der Waals surface area contributed by atoms with Crippen molar-refractivity contribution in [1.82, 2.24) is 0 Å². The summed E-state index contributed by atoms with van der Waals surface area (Å²) in [5, 5.41) is 30.1. The first-order chi connectivity index (χ1) is 15.9. The van der Waals surface area contributed by atoms with Crippen molar-refractivity contribution >= 4 is 29.2 Å². The number of imide groups is 2. The first kappa shape index (κ1) is 21.6. The number of carbonyl (C=O) groups excluding carboxylic acids is 3. The maximum absolute atomic E-state index is 13.6. The van der Waals surface area contributed by atoms with E-state index in [4.69, 9.17) is 14.2 Å². The molecule has 3 fully saturated rings. The fourth-order valence-electron chi connectivity index (χ4n) is 4.13. The summed E-state index contributed by atoms with van der Waals surface area (Å²) in [5.74, 6) is -4.92. The Balaban J connectivity index is 1.61.